The van der Waals surface area contributed by atoms with E-state index in [0.29, 0.717) is 0 Å². The van der Waals surface area contributed by atoms with Crippen LogP contribution in [0.1, 0.15) is 33.1 Å². The molecule has 1 rings (SSSR count). The molecule has 86 valence electrons. The summed E-state index contributed by atoms with van der Waals surface area (Å²) >= 11 is 0. The van der Waals surface area contributed by atoms with Crippen molar-refractivity contribution < 1.29 is 4.79 Å². The quantitative estimate of drug-likeness (QED) is 0.714. The normalized spacial score (nSPS) is 20.8. The van der Waals surface area contributed by atoms with Gasteiger partial charge < -0.3 is 10.2 Å². The van der Waals surface area contributed by atoms with Crippen molar-refractivity contribution in [3.8, 4) is 0 Å². The van der Waals surface area contributed by atoms with Crippen molar-refractivity contribution in [2.45, 2.75) is 45.2 Å². The molecule has 1 fully saturated rings. The van der Waals surface area contributed by atoms with Crippen LogP contribution in [0.25, 0.3) is 0 Å². The summed E-state index contributed by atoms with van der Waals surface area (Å²) in [5.41, 5.74) is 0. The molecular weight excluding hydrogens is 188 g/mol. The van der Waals surface area contributed by atoms with Crippen molar-refractivity contribution in [1.29, 1.82) is 0 Å². The van der Waals surface area contributed by atoms with Gasteiger partial charge in [0, 0.05) is 19.1 Å². The maximum Gasteiger partial charge on any atom is 0.239 e. The summed E-state index contributed by atoms with van der Waals surface area (Å²) in [5, 5.41) is 3.22. The van der Waals surface area contributed by atoms with E-state index in [2.05, 4.69) is 11.9 Å². The van der Waals surface area contributed by atoms with Crippen molar-refractivity contribution in [1.82, 2.24) is 10.2 Å². The number of hydrogen-bond acceptors (Lipinski definition) is 2. The van der Waals surface area contributed by atoms with Gasteiger partial charge in [-0.25, -0.2) is 0 Å². The van der Waals surface area contributed by atoms with Crippen LogP contribution in [0.15, 0.2) is 12.7 Å². The largest absolute Gasteiger partial charge is 0.341 e. The van der Waals surface area contributed by atoms with E-state index in [1.54, 1.807) is 0 Å². The lowest BCUT2D eigenvalue weighted by atomic mass is 10.1. The van der Waals surface area contributed by atoms with Crippen molar-refractivity contribution in [2.75, 3.05) is 13.1 Å². The molecule has 1 aliphatic heterocycles. The van der Waals surface area contributed by atoms with Gasteiger partial charge in [0.25, 0.3) is 0 Å². The molecule has 1 heterocycles. The minimum atomic E-state index is -0.101. The molecule has 0 aromatic carbocycles. The van der Waals surface area contributed by atoms with Gasteiger partial charge in [0.2, 0.25) is 5.91 Å². The van der Waals surface area contributed by atoms with E-state index in [0.717, 1.165) is 25.9 Å². The van der Waals surface area contributed by atoms with Gasteiger partial charge in [0.1, 0.15) is 0 Å². The number of carbonyl (C=O) groups excluding carboxylic acids is 1. The molecule has 1 N–H and O–H groups in total. The second kappa shape index (κ2) is 5.91. The molecule has 3 nitrogen and oxygen atoms in total. The van der Waals surface area contributed by atoms with Crippen molar-refractivity contribution in [3.05, 3.63) is 12.7 Å². The summed E-state index contributed by atoms with van der Waals surface area (Å²) in [5.74, 6) is 0.225. The van der Waals surface area contributed by atoms with Gasteiger partial charge >= 0.3 is 0 Å². The third kappa shape index (κ3) is 3.67. The summed E-state index contributed by atoms with van der Waals surface area (Å²) in [4.78, 5) is 13.9. The molecule has 0 aliphatic carbocycles. The molecule has 0 aromatic heterocycles. The van der Waals surface area contributed by atoms with Gasteiger partial charge in [-0.1, -0.05) is 6.08 Å². The van der Waals surface area contributed by atoms with Crippen LogP contribution in [-0.4, -0.2) is 36.0 Å². The zero-order valence-corrected chi connectivity index (χ0v) is 9.83. The van der Waals surface area contributed by atoms with Crippen LogP contribution in [0.5, 0.6) is 0 Å². The van der Waals surface area contributed by atoms with Crippen LogP contribution < -0.4 is 5.32 Å². The lowest BCUT2D eigenvalue weighted by Crippen LogP contribution is -2.48. The predicted molar refractivity (Wildman–Crippen MR) is 62.7 cm³/mol. The maximum atomic E-state index is 12.0. The molecule has 1 saturated heterocycles. The first-order chi connectivity index (χ1) is 7.15. The zero-order chi connectivity index (χ0) is 11.3. The standard InChI is InChI=1S/C12H22N2O/c1-4-10(2)13-11(3)12(15)14-8-6-5-7-9-14/h4,10-11,13H,1,5-9H2,2-3H3. The fraction of sp³-hybridized carbons (Fsp3) is 0.750. The summed E-state index contributed by atoms with van der Waals surface area (Å²) in [6.07, 6.45) is 5.37. The second-order valence-corrected chi connectivity index (χ2v) is 4.30. The molecule has 0 aromatic rings. The Morgan fingerprint density at radius 3 is 2.47 bits per heavy atom. The Kier molecular flexibility index (Phi) is 4.82. The Balaban J connectivity index is 2.40. The highest BCUT2D eigenvalue weighted by atomic mass is 16.2. The van der Waals surface area contributed by atoms with Gasteiger partial charge in [-0.05, 0) is 33.1 Å². The van der Waals surface area contributed by atoms with E-state index in [1.165, 1.54) is 6.42 Å². The monoisotopic (exact) mass is 210 g/mol. The fourth-order valence-electron chi connectivity index (χ4n) is 1.92. The molecule has 1 aliphatic rings. The molecule has 15 heavy (non-hydrogen) atoms. The van der Waals surface area contributed by atoms with Crippen LogP contribution in [0.4, 0.5) is 0 Å². The average Bonchev–Trinajstić information content (AvgIpc) is 2.29. The summed E-state index contributed by atoms with van der Waals surface area (Å²) in [7, 11) is 0. The lowest BCUT2D eigenvalue weighted by molar-refractivity contribution is -0.134. The minimum Gasteiger partial charge on any atom is -0.341 e. The molecular formula is C12H22N2O. The molecule has 2 unspecified atom stereocenters. The average molecular weight is 210 g/mol. The maximum absolute atomic E-state index is 12.0. The number of piperidine rings is 1. The molecule has 2 atom stereocenters. The number of likely N-dealkylation sites (tertiary alicyclic amines) is 1. The van der Waals surface area contributed by atoms with E-state index in [-0.39, 0.29) is 18.0 Å². The SMILES string of the molecule is C=CC(C)NC(C)C(=O)N1CCCCC1. The summed E-state index contributed by atoms with van der Waals surface area (Å²) < 4.78 is 0. The Labute approximate surface area is 92.5 Å². The molecule has 1 amide bonds. The lowest BCUT2D eigenvalue weighted by Gasteiger charge is -2.30. The zero-order valence-electron chi connectivity index (χ0n) is 9.83. The van der Waals surface area contributed by atoms with E-state index < -0.39 is 0 Å². The number of amides is 1. The molecule has 0 saturated carbocycles. The van der Waals surface area contributed by atoms with Gasteiger partial charge in [-0.15, -0.1) is 6.58 Å². The number of hydrogen-bond donors (Lipinski definition) is 1. The van der Waals surface area contributed by atoms with Gasteiger partial charge in [-0.3, -0.25) is 4.79 Å². The van der Waals surface area contributed by atoms with Crippen molar-refractivity contribution in [2.24, 2.45) is 0 Å². The molecule has 0 bridgehead atoms. The minimum absolute atomic E-state index is 0.101. The predicted octanol–water partition coefficient (Wildman–Crippen LogP) is 1.55. The fourth-order valence-corrected chi connectivity index (χ4v) is 1.92. The van der Waals surface area contributed by atoms with E-state index in [4.69, 9.17) is 0 Å². The van der Waals surface area contributed by atoms with E-state index in [1.807, 2.05) is 24.8 Å². The Hall–Kier alpha value is -0.830. The van der Waals surface area contributed by atoms with Crippen molar-refractivity contribution in [3.63, 3.8) is 0 Å². The summed E-state index contributed by atoms with van der Waals surface area (Å²) in [6.45, 7) is 9.48. The highest BCUT2D eigenvalue weighted by Gasteiger charge is 2.22. The highest BCUT2D eigenvalue weighted by Crippen LogP contribution is 2.10. The Morgan fingerprint density at radius 1 is 1.33 bits per heavy atom. The Morgan fingerprint density at radius 2 is 1.93 bits per heavy atom. The van der Waals surface area contributed by atoms with Gasteiger partial charge in [-0.2, -0.15) is 0 Å². The first kappa shape index (κ1) is 12.2. The van der Waals surface area contributed by atoms with E-state index in [9.17, 15) is 4.79 Å². The van der Waals surface area contributed by atoms with Crippen LogP contribution in [0, 0.1) is 0 Å². The first-order valence-corrected chi connectivity index (χ1v) is 5.82. The number of nitrogens with one attached hydrogen (secondary N) is 1. The Bertz CT molecular complexity index is 222. The molecule has 3 heteroatoms. The van der Waals surface area contributed by atoms with Crippen LogP contribution in [0.2, 0.25) is 0 Å². The third-order valence-electron chi connectivity index (χ3n) is 2.90. The molecule has 0 spiro atoms. The second-order valence-electron chi connectivity index (χ2n) is 4.30. The third-order valence-corrected chi connectivity index (χ3v) is 2.90. The smallest absolute Gasteiger partial charge is 0.239 e. The number of carbonyl (C=O) groups is 1. The van der Waals surface area contributed by atoms with E-state index >= 15 is 0 Å². The van der Waals surface area contributed by atoms with Gasteiger partial charge in [0.05, 0.1) is 6.04 Å². The topological polar surface area (TPSA) is 32.3 Å². The van der Waals surface area contributed by atoms with Gasteiger partial charge in [0.15, 0.2) is 0 Å². The molecule has 0 radical (unpaired) electrons. The summed E-state index contributed by atoms with van der Waals surface area (Å²) in [6, 6.07) is 0.0878. The number of nitrogens with zero attached hydrogens (tertiary/aromatic N) is 1. The number of rotatable bonds is 4. The van der Waals surface area contributed by atoms with Crippen LogP contribution in [-0.2, 0) is 4.79 Å². The first-order valence-electron chi connectivity index (χ1n) is 5.82. The van der Waals surface area contributed by atoms with Crippen LogP contribution in [0.3, 0.4) is 0 Å². The van der Waals surface area contributed by atoms with Crippen molar-refractivity contribution >= 4 is 5.91 Å². The highest BCUT2D eigenvalue weighted by molar-refractivity contribution is 5.81. The van der Waals surface area contributed by atoms with Crippen LogP contribution >= 0.6 is 0 Å².